The van der Waals surface area contributed by atoms with Crippen molar-refractivity contribution < 1.29 is 14.6 Å². The van der Waals surface area contributed by atoms with E-state index in [-0.39, 0.29) is 22.3 Å². The highest BCUT2D eigenvalue weighted by molar-refractivity contribution is 6.13. The summed E-state index contributed by atoms with van der Waals surface area (Å²) in [6, 6.07) is 8.32. The van der Waals surface area contributed by atoms with Crippen molar-refractivity contribution in [2.45, 2.75) is 6.92 Å². The molecule has 0 aliphatic heterocycles. The van der Waals surface area contributed by atoms with E-state index in [4.69, 9.17) is 10.00 Å². The quantitative estimate of drug-likeness (QED) is 0.867. The summed E-state index contributed by atoms with van der Waals surface area (Å²) in [5.74, 6) is -0.643. The molecule has 1 N–H and O–H groups in total. The maximum Gasteiger partial charge on any atom is 0.271 e. The normalized spacial score (nSPS) is 10.1. The number of hydrogen-bond acceptors (Lipinski definition) is 5. The fourth-order valence-corrected chi connectivity index (χ4v) is 2.26. The number of ketones is 1. The molecule has 0 saturated carbocycles. The van der Waals surface area contributed by atoms with Crippen LogP contribution in [0.1, 0.15) is 27.0 Å². The molecule has 1 aromatic carbocycles. The summed E-state index contributed by atoms with van der Waals surface area (Å²) in [6.07, 6.45) is 0. The standard InChI is InChI=1S/C16H14N2O4/c1-9-11(8-17)15(20)18(2)16(21)13(9)14(19)10-6-4-5-7-12(10)22-3/h4-7,21H,1-3H3. The molecule has 2 rings (SSSR count). The number of methoxy groups -OCH3 is 1. The van der Waals surface area contributed by atoms with Crippen LogP contribution in [-0.2, 0) is 7.05 Å². The zero-order valence-electron chi connectivity index (χ0n) is 12.4. The predicted molar refractivity (Wildman–Crippen MR) is 79.2 cm³/mol. The Balaban J connectivity index is 2.78. The van der Waals surface area contributed by atoms with Gasteiger partial charge in [-0.1, -0.05) is 12.1 Å². The highest BCUT2D eigenvalue weighted by atomic mass is 16.5. The number of carbonyl (C=O) groups is 1. The van der Waals surface area contributed by atoms with E-state index in [0.29, 0.717) is 5.75 Å². The Labute approximate surface area is 126 Å². The summed E-state index contributed by atoms with van der Waals surface area (Å²) in [5.41, 5.74) is -0.499. The van der Waals surface area contributed by atoms with Crippen molar-refractivity contribution in [1.29, 1.82) is 5.26 Å². The summed E-state index contributed by atoms with van der Waals surface area (Å²) in [4.78, 5) is 24.7. The molecular weight excluding hydrogens is 284 g/mol. The lowest BCUT2D eigenvalue weighted by atomic mass is 9.97. The first-order valence-corrected chi connectivity index (χ1v) is 6.44. The molecular formula is C16H14N2O4. The van der Waals surface area contributed by atoms with Crippen LogP contribution in [0.4, 0.5) is 0 Å². The van der Waals surface area contributed by atoms with E-state index in [1.807, 2.05) is 0 Å². The van der Waals surface area contributed by atoms with Crippen LogP contribution in [0.15, 0.2) is 29.1 Å². The third-order valence-electron chi connectivity index (χ3n) is 3.50. The highest BCUT2D eigenvalue weighted by Gasteiger charge is 2.25. The fourth-order valence-electron chi connectivity index (χ4n) is 2.26. The highest BCUT2D eigenvalue weighted by Crippen LogP contribution is 2.27. The van der Waals surface area contributed by atoms with E-state index < -0.39 is 17.2 Å². The van der Waals surface area contributed by atoms with Gasteiger partial charge < -0.3 is 9.84 Å². The number of rotatable bonds is 3. The van der Waals surface area contributed by atoms with E-state index in [2.05, 4.69) is 0 Å². The van der Waals surface area contributed by atoms with Gasteiger partial charge in [0, 0.05) is 7.05 Å². The number of ether oxygens (including phenoxy) is 1. The first-order chi connectivity index (χ1) is 10.4. The van der Waals surface area contributed by atoms with Gasteiger partial charge in [-0.3, -0.25) is 14.2 Å². The van der Waals surface area contributed by atoms with Crippen LogP contribution >= 0.6 is 0 Å². The molecule has 112 valence electrons. The molecule has 0 unspecified atom stereocenters. The zero-order valence-corrected chi connectivity index (χ0v) is 12.4. The molecule has 0 radical (unpaired) electrons. The number of aromatic hydroxyl groups is 1. The Morgan fingerprint density at radius 1 is 1.36 bits per heavy atom. The molecule has 0 spiro atoms. The van der Waals surface area contributed by atoms with Crippen LogP contribution in [0.3, 0.4) is 0 Å². The lowest BCUT2D eigenvalue weighted by molar-refractivity contribution is 0.103. The van der Waals surface area contributed by atoms with Crippen LogP contribution in [-0.4, -0.2) is 22.6 Å². The number of carbonyl (C=O) groups excluding carboxylic acids is 1. The van der Waals surface area contributed by atoms with Gasteiger partial charge >= 0.3 is 0 Å². The van der Waals surface area contributed by atoms with Gasteiger partial charge in [-0.25, -0.2) is 0 Å². The fraction of sp³-hybridized carbons (Fsp3) is 0.188. The summed E-state index contributed by atoms with van der Waals surface area (Å²) >= 11 is 0. The second-order valence-corrected chi connectivity index (χ2v) is 4.70. The van der Waals surface area contributed by atoms with E-state index in [1.165, 1.54) is 21.1 Å². The Kier molecular flexibility index (Phi) is 4.00. The van der Waals surface area contributed by atoms with E-state index >= 15 is 0 Å². The topological polar surface area (TPSA) is 92.3 Å². The molecule has 2 aromatic rings. The van der Waals surface area contributed by atoms with Crippen molar-refractivity contribution in [2.24, 2.45) is 7.05 Å². The average Bonchev–Trinajstić information content (AvgIpc) is 2.53. The number of nitriles is 1. The number of nitrogens with zero attached hydrogens (tertiary/aromatic N) is 2. The van der Waals surface area contributed by atoms with Crippen molar-refractivity contribution >= 4 is 5.78 Å². The molecule has 1 heterocycles. The minimum Gasteiger partial charge on any atom is -0.496 e. The Morgan fingerprint density at radius 3 is 2.59 bits per heavy atom. The minimum absolute atomic E-state index is 0.0804. The number of aromatic nitrogens is 1. The summed E-state index contributed by atoms with van der Waals surface area (Å²) in [5, 5.41) is 19.3. The zero-order chi connectivity index (χ0) is 16.4. The van der Waals surface area contributed by atoms with Gasteiger partial charge in [-0.2, -0.15) is 5.26 Å². The molecule has 0 saturated heterocycles. The molecule has 0 atom stereocenters. The SMILES string of the molecule is COc1ccccc1C(=O)c1c(C)c(C#N)c(=O)n(C)c1O. The van der Waals surface area contributed by atoms with Crippen LogP contribution in [0, 0.1) is 18.3 Å². The van der Waals surface area contributed by atoms with Gasteiger partial charge in [0.25, 0.3) is 5.56 Å². The number of hydrogen-bond donors (Lipinski definition) is 1. The van der Waals surface area contributed by atoms with E-state index in [0.717, 1.165) is 4.57 Å². The summed E-state index contributed by atoms with van der Waals surface area (Å²) in [7, 11) is 2.73. The molecule has 0 fully saturated rings. The molecule has 0 bridgehead atoms. The first-order valence-electron chi connectivity index (χ1n) is 6.44. The maximum atomic E-state index is 12.7. The van der Waals surface area contributed by atoms with Crippen molar-refractivity contribution in [1.82, 2.24) is 4.57 Å². The summed E-state index contributed by atoms with van der Waals surface area (Å²) in [6.45, 7) is 1.46. The number of pyridine rings is 1. The maximum absolute atomic E-state index is 12.7. The van der Waals surface area contributed by atoms with E-state index in [9.17, 15) is 14.7 Å². The van der Waals surface area contributed by atoms with Crippen LogP contribution in [0.2, 0.25) is 0 Å². The average molecular weight is 298 g/mol. The third kappa shape index (κ3) is 2.23. The second-order valence-electron chi connectivity index (χ2n) is 4.70. The smallest absolute Gasteiger partial charge is 0.271 e. The molecule has 0 amide bonds. The van der Waals surface area contributed by atoms with Crippen molar-refractivity contribution in [3.05, 3.63) is 56.9 Å². The van der Waals surface area contributed by atoms with Gasteiger partial charge in [0.05, 0.1) is 18.2 Å². The minimum atomic E-state index is -0.644. The van der Waals surface area contributed by atoms with Gasteiger partial charge in [0.2, 0.25) is 11.7 Å². The number of para-hydroxylation sites is 1. The molecule has 1 aromatic heterocycles. The first kappa shape index (κ1) is 15.3. The van der Waals surface area contributed by atoms with Gasteiger partial charge in [0.1, 0.15) is 17.4 Å². The van der Waals surface area contributed by atoms with Crippen LogP contribution in [0.5, 0.6) is 11.6 Å². The monoisotopic (exact) mass is 298 g/mol. The molecule has 6 heteroatoms. The Bertz CT molecular complexity index is 860. The van der Waals surface area contributed by atoms with Crippen molar-refractivity contribution in [3.63, 3.8) is 0 Å². The van der Waals surface area contributed by atoms with Crippen molar-refractivity contribution in [3.8, 4) is 17.7 Å². The second kappa shape index (κ2) is 5.74. The van der Waals surface area contributed by atoms with Crippen molar-refractivity contribution in [2.75, 3.05) is 7.11 Å². The Morgan fingerprint density at radius 2 is 2.00 bits per heavy atom. The molecule has 0 aliphatic carbocycles. The van der Waals surface area contributed by atoms with Gasteiger partial charge in [-0.05, 0) is 24.6 Å². The summed E-state index contributed by atoms with van der Waals surface area (Å²) < 4.78 is 6.03. The predicted octanol–water partition coefficient (Wildman–Crippen LogP) is 1.51. The Hall–Kier alpha value is -3.07. The molecule has 6 nitrogen and oxygen atoms in total. The van der Waals surface area contributed by atoms with Crippen LogP contribution < -0.4 is 10.3 Å². The van der Waals surface area contributed by atoms with Crippen LogP contribution in [0.25, 0.3) is 0 Å². The van der Waals surface area contributed by atoms with Gasteiger partial charge in [-0.15, -0.1) is 0 Å². The third-order valence-corrected chi connectivity index (χ3v) is 3.50. The lowest BCUT2D eigenvalue weighted by Gasteiger charge is -2.13. The lowest BCUT2D eigenvalue weighted by Crippen LogP contribution is -2.24. The number of benzene rings is 1. The largest absolute Gasteiger partial charge is 0.496 e. The van der Waals surface area contributed by atoms with Gasteiger partial charge in [0.15, 0.2) is 0 Å². The van der Waals surface area contributed by atoms with E-state index in [1.54, 1.807) is 30.3 Å². The molecule has 22 heavy (non-hydrogen) atoms. The molecule has 0 aliphatic rings.